The van der Waals surface area contributed by atoms with Crippen molar-refractivity contribution in [3.05, 3.63) is 0 Å². The van der Waals surface area contributed by atoms with Crippen molar-refractivity contribution >= 4 is 18.8 Å². The molecule has 0 spiro atoms. The molecule has 0 aromatic heterocycles. The molecule has 0 aliphatic rings. The summed E-state index contributed by atoms with van der Waals surface area (Å²) < 4.78 is 0. The predicted octanol–water partition coefficient (Wildman–Crippen LogP) is 0.241. The van der Waals surface area contributed by atoms with E-state index in [2.05, 4.69) is 11.9 Å². The average Bonchev–Trinajstić information content (AvgIpc) is 1.88. The summed E-state index contributed by atoms with van der Waals surface area (Å²) in [5, 5.41) is 9.33. The maximum absolute atomic E-state index is 9.81. The summed E-state index contributed by atoms with van der Waals surface area (Å²) >= 11 is 0. The molecule has 0 aromatic rings. The van der Waals surface area contributed by atoms with Gasteiger partial charge in [-0.25, -0.2) is 0 Å². The smallest absolute Gasteiger partial charge is 0.194 e. The molecular formula is C5H9NO3. The molecule has 0 bridgehead atoms. The monoisotopic (exact) mass is 131 g/mol. The molecule has 0 fully saturated rings. The van der Waals surface area contributed by atoms with Gasteiger partial charge in [0.2, 0.25) is 0 Å². The van der Waals surface area contributed by atoms with Gasteiger partial charge in [0.1, 0.15) is 0 Å². The Labute approximate surface area is 53.2 Å². The van der Waals surface area contributed by atoms with Crippen LogP contribution < -0.4 is 0 Å². The Morgan fingerprint density at radius 1 is 1.89 bits per heavy atom. The fourth-order valence-electron chi connectivity index (χ4n) is 0.0833. The van der Waals surface area contributed by atoms with Gasteiger partial charge in [-0.1, -0.05) is 6.92 Å². The number of carbonyl (C=O) groups is 2. The lowest BCUT2D eigenvalue weighted by molar-refractivity contribution is -0.129. The van der Waals surface area contributed by atoms with Crippen LogP contribution in [0.4, 0.5) is 0 Å². The summed E-state index contributed by atoms with van der Waals surface area (Å²) in [6, 6.07) is 0. The first-order chi connectivity index (χ1) is 4.22. The van der Waals surface area contributed by atoms with Crippen LogP contribution in [0.15, 0.2) is 5.16 Å². The minimum Gasteiger partial charge on any atom is -0.411 e. The SMILES string of the molecule is C=NO.CCC(=O)C=O. The van der Waals surface area contributed by atoms with Crippen molar-refractivity contribution in [1.82, 2.24) is 0 Å². The lowest BCUT2D eigenvalue weighted by Gasteiger charge is -1.71. The standard InChI is InChI=1S/C4H6O2.CH3NO/c1-2-4(6)3-5;1-2-3/h3H,2H2,1H3;3H,1H2. The third-order valence-electron chi connectivity index (χ3n) is 0.480. The molecule has 0 radical (unpaired) electrons. The van der Waals surface area contributed by atoms with Gasteiger partial charge in [0.25, 0.3) is 0 Å². The number of hydrogen-bond acceptors (Lipinski definition) is 4. The second-order valence-electron chi connectivity index (χ2n) is 1.08. The number of hydrogen-bond donors (Lipinski definition) is 1. The van der Waals surface area contributed by atoms with Crippen LogP contribution in [-0.2, 0) is 9.59 Å². The summed E-state index contributed by atoms with van der Waals surface area (Å²) in [6.45, 7) is 4.32. The first kappa shape index (κ1) is 10.7. The number of ketones is 1. The highest BCUT2D eigenvalue weighted by molar-refractivity contribution is 6.24. The van der Waals surface area contributed by atoms with Crippen molar-refractivity contribution in [2.75, 3.05) is 0 Å². The van der Waals surface area contributed by atoms with Gasteiger partial charge in [-0.05, 0) is 0 Å². The van der Waals surface area contributed by atoms with Gasteiger partial charge < -0.3 is 5.21 Å². The number of carbonyl (C=O) groups excluding carboxylic acids is 2. The number of nitrogens with zero attached hydrogens (tertiary/aromatic N) is 1. The van der Waals surface area contributed by atoms with Crippen molar-refractivity contribution in [2.45, 2.75) is 13.3 Å². The van der Waals surface area contributed by atoms with E-state index in [0.717, 1.165) is 0 Å². The van der Waals surface area contributed by atoms with Gasteiger partial charge in [0, 0.05) is 13.1 Å². The fourth-order valence-corrected chi connectivity index (χ4v) is 0.0833. The van der Waals surface area contributed by atoms with Gasteiger partial charge in [-0.2, -0.15) is 0 Å². The van der Waals surface area contributed by atoms with Crippen molar-refractivity contribution in [2.24, 2.45) is 5.16 Å². The molecule has 0 rings (SSSR count). The van der Waals surface area contributed by atoms with Crippen LogP contribution >= 0.6 is 0 Å². The molecular weight excluding hydrogens is 122 g/mol. The molecule has 0 saturated heterocycles. The highest BCUT2D eigenvalue weighted by Crippen LogP contribution is 1.69. The lowest BCUT2D eigenvalue weighted by Crippen LogP contribution is -1.92. The first-order valence-corrected chi connectivity index (χ1v) is 2.31. The summed E-state index contributed by atoms with van der Waals surface area (Å²) in [6.07, 6.45) is 0.656. The molecule has 9 heavy (non-hydrogen) atoms. The predicted molar refractivity (Wildman–Crippen MR) is 32.7 cm³/mol. The lowest BCUT2D eigenvalue weighted by atomic mass is 10.3. The minimum atomic E-state index is -0.338. The zero-order chi connectivity index (χ0) is 7.70. The Bertz CT molecular complexity index is 100. The Morgan fingerprint density at radius 3 is 2.22 bits per heavy atom. The van der Waals surface area contributed by atoms with Crippen LogP contribution in [0.3, 0.4) is 0 Å². The van der Waals surface area contributed by atoms with Crippen LogP contribution in [0.5, 0.6) is 0 Å². The van der Waals surface area contributed by atoms with E-state index in [1.807, 2.05) is 0 Å². The zero-order valence-corrected chi connectivity index (χ0v) is 5.20. The summed E-state index contributed by atoms with van der Waals surface area (Å²) in [5.41, 5.74) is 0. The van der Waals surface area contributed by atoms with Crippen LogP contribution in [0.1, 0.15) is 13.3 Å². The highest BCUT2D eigenvalue weighted by Gasteiger charge is 1.87. The molecule has 0 unspecified atom stereocenters. The van der Waals surface area contributed by atoms with Crippen LogP contribution in [0, 0.1) is 0 Å². The van der Waals surface area contributed by atoms with Crippen molar-refractivity contribution < 1.29 is 14.8 Å². The zero-order valence-electron chi connectivity index (χ0n) is 5.20. The van der Waals surface area contributed by atoms with Gasteiger partial charge in [0.05, 0.1) is 0 Å². The number of oxime groups is 1. The molecule has 0 amide bonds. The number of aldehydes is 1. The Balaban J connectivity index is 0. The average molecular weight is 131 g/mol. The van der Waals surface area contributed by atoms with Gasteiger partial charge >= 0.3 is 0 Å². The quantitative estimate of drug-likeness (QED) is 0.192. The Morgan fingerprint density at radius 2 is 2.22 bits per heavy atom. The maximum atomic E-state index is 9.81. The Kier molecular flexibility index (Phi) is 11.8. The van der Waals surface area contributed by atoms with Gasteiger partial charge in [0.15, 0.2) is 12.1 Å². The van der Waals surface area contributed by atoms with Crippen molar-refractivity contribution in [1.29, 1.82) is 0 Å². The molecule has 0 heterocycles. The summed E-state index contributed by atoms with van der Waals surface area (Å²) in [4.78, 5) is 19.2. The molecule has 1 N–H and O–H groups in total. The molecule has 4 heteroatoms. The molecule has 0 atom stereocenters. The van der Waals surface area contributed by atoms with Crippen molar-refractivity contribution in [3.63, 3.8) is 0 Å². The molecule has 52 valence electrons. The van der Waals surface area contributed by atoms with Gasteiger partial charge in [-0.15, -0.1) is 5.16 Å². The van der Waals surface area contributed by atoms with Gasteiger partial charge in [-0.3, -0.25) is 9.59 Å². The van der Waals surface area contributed by atoms with E-state index < -0.39 is 0 Å². The third-order valence-corrected chi connectivity index (χ3v) is 0.480. The largest absolute Gasteiger partial charge is 0.411 e. The third kappa shape index (κ3) is 20.0. The van der Waals surface area contributed by atoms with Crippen LogP contribution in [0.25, 0.3) is 0 Å². The normalized spacial score (nSPS) is 6.33. The number of Topliss-reactive ketones (excluding diaryl/α,β-unsaturated/α-hetero) is 1. The van der Waals surface area contributed by atoms with E-state index in [-0.39, 0.29) is 5.78 Å². The maximum Gasteiger partial charge on any atom is 0.194 e. The second kappa shape index (κ2) is 9.94. The highest BCUT2D eigenvalue weighted by atomic mass is 16.4. The Hall–Kier alpha value is -1.19. The van der Waals surface area contributed by atoms with E-state index in [4.69, 9.17) is 5.21 Å². The van der Waals surface area contributed by atoms with E-state index >= 15 is 0 Å². The van der Waals surface area contributed by atoms with E-state index in [1.54, 1.807) is 6.92 Å². The topological polar surface area (TPSA) is 66.7 Å². The second-order valence-corrected chi connectivity index (χ2v) is 1.08. The summed E-state index contributed by atoms with van der Waals surface area (Å²) in [7, 11) is 0. The molecule has 0 aliphatic carbocycles. The molecule has 0 saturated carbocycles. The van der Waals surface area contributed by atoms with Crippen LogP contribution in [0.2, 0.25) is 0 Å². The van der Waals surface area contributed by atoms with Crippen LogP contribution in [-0.4, -0.2) is 24.0 Å². The van der Waals surface area contributed by atoms with E-state index in [9.17, 15) is 9.59 Å². The molecule has 0 aromatic carbocycles. The van der Waals surface area contributed by atoms with E-state index in [1.165, 1.54) is 0 Å². The summed E-state index contributed by atoms with van der Waals surface area (Å²) in [5.74, 6) is -0.338. The molecule has 0 aliphatic heterocycles. The van der Waals surface area contributed by atoms with E-state index in [0.29, 0.717) is 12.7 Å². The first-order valence-electron chi connectivity index (χ1n) is 2.31. The fraction of sp³-hybridized carbons (Fsp3) is 0.400. The van der Waals surface area contributed by atoms with Crippen molar-refractivity contribution in [3.8, 4) is 0 Å². The number of rotatable bonds is 2. The minimum absolute atomic E-state index is 0.323. The molecule has 4 nitrogen and oxygen atoms in total.